The van der Waals surface area contributed by atoms with E-state index in [1.165, 1.54) is 4.31 Å². The van der Waals surface area contributed by atoms with Crippen LogP contribution < -0.4 is 5.32 Å². The molecule has 1 amide bonds. The highest BCUT2D eigenvalue weighted by atomic mass is 32.2. The Kier molecular flexibility index (Phi) is 5.67. The first-order valence-corrected chi connectivity index (χ1v) is 10.6. The minimum absolute atomic E-state index is 0.0255. The summed E-state index contributed by atoms with van der Waals surface area (Å²) < 4.78 is 28.6. The molecule has 1 fully saturated rings. The lowest BCUT2D eigenvalue weighted by molar-refractivity contribution is -0.126. The van der Waals surface area contributed by atoms with Crippen molar-refractivity contribution in [2.75, 3.05) is 13.1 Å². The van der Waals surface area contributed by atoms with Crippen LogP contribution in [0, 0.1) is 12.8 Å². The lowest BCUT2D eigenvalue weighted by atomic mass is 9.96. The Hall–Kier alpha value is -2.19. The summed E-state index contributed by atoms with van der Waals surface area (Å²) in [6.45, 7) is 4.58. The van der Waals surface area contributed by atoms with Crippen LogP contribution in [-0.4, -0.2) is 41.5 Å². The van der Waals surface area contributed by atoms with Crippen LogP contribution in [0.3, 0.4) is 0 Å². The monoisotopic (exact) mass is 390 g/mol. The van der Waals surface area contributed by atoms with Crippen LogP contribution in [0.5, 0.6) is 0 Å². The largest absolute Gasteiger partial charge is 0.349 e. The topological polar surface area (TPSA) is 84.3 Å². The van der Waals surface area contributed by atoms with Crippen LogP contribution in [0.25, 0.3) is 0 Å². The van der Waals surface area contributed by atoms with Crippen LogP contribution in [0.15, 0.2) is 41.4 Å². The lowest BCUT2D eigenvalue weighted by Crippen LogP contribution is -2.43. The third-order valence-electron chi connectivity index (χ3n) is 5.08. The van der Waals surface area contributed by atoms with Crippen molar-refractivity contribution in [3.63, 3.8) is 0 Å². The van der Waals surface area contributed by atoms with Crippen molar-refractivity contribution >= 4 is 15.9 Å². The first-order chi connectivity index (χ1) is 12.8. The number of rotatable bonds is 5. The minimum Gasteiger partial charge on any atom is -0.349 e. The fourth-order valence-corrected chi connectivity index (χ4v) is 5.04. The SMILES string of the molecule is Cc1nn(C)cc1C(C)NC(=O)C1CCN(S(=O)(=O)c2ccccc2)CC1. The van der Waals surface area contributed by atoms with Crippen molar-refractivity contribution in [3.05, 3.63) is 47.8 Å². The first-order valence-electron chi connectivity index (χ1n) is 9.14. The molecule has 1 aliphatic heterocycles. The van der Waals surface area contributed by atoms with Crippen molar-refractivity contribution < 1.29 is 13.2 Å². The van der Waals surface area contributed by atoms with E-state index >= 15 is 0 Å². The summed E-state index contributed by atoms with van der Waals surface area (Å²) in [5.41, 5.74) is 1.89. The molecular weight excluding hydrogens is 364 g/mol. The molecule has 1 aliphatic rings. The van der Waals surface area contributed by atoms with Gasteiger partial charge in [0.2, 0.25) is 15.9 Å². The number of amides is 1. The molecule has 0 bridgehead atoms. The van der Waals surface area contributed by atoms with Crippen LogP contribution in [0.4, 0.5) is 0 Å². The zero-order valence-corrected chi connectivity index (χ0v) is 16.7. The molecule has 27 heavy (non-hydrogen) atoms. The summed E-state index contributed by atoms with van der Waals surface area (Å²) in [6, 6.07) is 8.31. The minimum atomic E-state index is -3.49. The molecule has 7 nitrogen and oxygen atoms in total. The molecule has 1 atom stereocenters. The van der Waals surface area contributed by atoms with Crippen molar-refractivity contribution in [1.29, 1.82) is 0 Å². The molecule has 3 rings (SSSR count). The van der Waals surface area contributed by atoms with Gasteiger partial charge in [0.15, 0.2) is 0 Å². The second-order valence-corrected chi connectivity index (χ2v) is 9.00. The van der Waals surface area contributed by atoms with Crippen LogP contribution in [0.2, 0.25) is 0 Å². The van der Waals surface area contributed by atoms with Gasteiger partial charge in [-0.15, -0.1) is 0 Å². The number of hydrogen-bond donors (Lipinski definition) is 1. The second kappa shape index (κ2) is 7.82. The van der Waals surface area contributed by atoms with Gasteiger partial charge in [0.25, 0.3) is 0 Å². The maximum Gasteiger partial charge on any atom is 0.243 e. The summed E-state index contributed by atoms with van der Waals surface area (Å²) in [6.07, 6.45) is 2.96. The van der Waals surface area contributed by atoms with Gasteiger partial charge >= 0.3 is 0 Å². The van der Waals surface area contributed by atoms with Crippen molar-refractivity contribution in [2.24, 2.45) is 13.0 Å². The van der Waals surface area contributed by atoms with Gasteiger partial charge in [-0.3, -0.25) is 9.48 Å². The Morgan fingerprint density at radius 3 is 2.41 bits per heavy atom. The van der Waals surface area contributed by atoms with E-state index in [0.29, 0.717) is 30.8 Å². The Morgan fingerprint density at radius 1 is 1.22 bits per heavy atom. The number of carbonyl (C=O) groups is 1. The number of aromatic nitrogens is 2. The van der Waals surface area contributed by atoms with Crippen LogP contribution in [-0.2, 0) is 21.9 Å². The van der Waals surface area contributed by atoms with Crippen LogP contribution in [0.1, 0.15) is 37.1 Å². The Bertz CT molecular complexity index is 900. The lowest BCUT2D eigenvalue weighted by Gasteiger charge is -2.31. The van der Waals surface area contributed by atoms with E-state index in [2.05, 4.69) is 10.4 Å². The molecule has 0 radical (unpaired) electrons. The highest BCUT2D eigenvalue weighted by Gasteiger charge is 2.32. The summed E-state index contributed by atoms with van der Waals surface area (Å²) in [5, 5.41) is 7.35. The van der Waals surface area contributed by atoms with E-state index < -0.39 is 10.0 Å². The molecule has 1 unspecified atom stereocenters. The number of benzene rings is 1. The molecule has 2 heterocycles. The maximum atomic E-state index is 12.7. The third kappa shape index (κ3) is 4.22. The van der Waals surface area contributed by atoms with E-state index in [4.69, 9.17) is 0 Å². The average Bonchev–Trinajstić information content (AvgIpc) is 3.01. The van der Waals surface area contributed by atoms with Gasteiger partial charge in [-0.2, -0.15) is 9.40 Å². The smallest absolute Gasteiger partial charge is 0.243 e. The summed E-state index contributed by atoms with van der Waals surface area (Å²) in [4.78, 5) is 12.9. The van der Waals surface area contributed by atoms with Gasteiger partial charge in [-0.25, -0.2) is 8.42 Å². The molecule has 0 saturated carbocycles. The number of aryl methyl sites for hydroxylation is 2. The summed E-state index contributed by atoms with van der Waals surface area (Å²) >= 11 is 0. The number of nitrogens with one attached hydrogen (secondary N) is 1. The second-order valence-electron chi connectivity index (χ2n) is 7.07. The van der Waals surface area contributed by atoms with Gasteiger partial charge in [-0.1, -0.05) is 18.2 Å². The molecule has 0 spiro atoms. The van der Waals surface area contributed by atoms with Gasteiger partial charge in [0.1, 0.15) is 0 Å². The van der Waals surface area contributed by atoms with E-state index in [9.17, 15) is 13.2 Å². The van der Waals surface area contributed by atoms with E-state index in [1.54, 1.807) is 35.0 Å². The van der Waals surface area contributed by atoms with Crippen molar-refractivity contribution in [3.8, 4) is 0 Å². The normalized spacial score (nSPS) is 17.6. The predicted octanol–water partition coefficient (Wildman–Crippen LogP) is 2.01. The van der Waals surface area contributed by atoms with Crippen LogP contribution >= 0.6 is 0 Å². The molecule has 146 valence electrons. The predicted molar refractivity (Wildman–Crippen MR) is 102 cm³/mol. The summed E-state index contributed by atoms with van der Waals surface area (Å²) in [7, 11) is -1.63. The Balaban J connectivity index is 1.59. The maximum absolute atomic E-state index is 12.7. The molecule has 1 saturated heterocycles. The zero-order valence-electron chi connectivity index (χ0n) is 15.9. The Morgan fingerprint density at radius 2 is 1.85 bits per heavy atom. The van der Waals surface area contributed by atoms with Gasteiger partial charge < -0.3 is 5.32 Å². The molecule has 0 aliphatic carbocycles. The Labute approximate surface area is 160 Å². The van der Waals surface area contributed by atoms with E-state index in [0.717, 1.165) is 11.3 Å². The van der Waals surface area contributed by atoms with Gasteiger partial charge in [0, 0.05) is 37.8 Å². The van der Waals surface area contributed by atoms with E-state index in [1.807, 2.05) is 27.1 Å². The molecule has 1 aromatic heterocycles. The zero-order chi connectivity index (χ0) is 19.6. The third-order valence-corrected chi connectivity index (χ3v) is 7.00. The number of sulfonamides is 1. The van der Waals surface area contributed by atoms with Crippen molar-refractivity contribution in [1.82, 2.24) is 19.4 Å². The molecule has 2 aromatic rings. The number of hydrogen-bond acceptors (Lipinski definition) is 4. The molecule has 1 N–H and O–H groups in total. The highest BCUT2D eigenvalue weighted by molar-refractivity contribution is 7.89. The number of carbonyl (C=O) groups excluding carboxylic acids is 1. The quantitative estimate of drug-likeness (QED) is 0.846. The van der Waals surface area contributed by atoms with E-state index in [-0.39, 0.29) is 17.9 Å². The highest BCUT2D eigenvalue weighted by Crippen LogP contribution is 2.25. The summed E-state index contributed by atoms with van der Waals surface area (Å²) in [5.74, 6) is -0.200. The molecule has 8 heteroatoms. The molecular formula is C19H26N4O3S. The average molecular weight is 391 g/mol. The number of piperidine rings is 1. The van der Waals surface area contributed by atoms with Crippen molar-refractivity contribution in [2.45, 2.75) is 37.6 Å². The molecule has 1 aromatic carbocycles. The standard InChI is InChI=1S/C19H26N4O3S/c1-14(18-13-22(3)21-15(18)2)20-19(24)16-9-11-23(12-10-16)27(25,26)17-7-5-4-6-8-17/h4-8,13-14,16H,9-12H2,1-3H3,(H,20,24). The van der Waals surface area contributed by atoms with Gasteiger partial charge in [0.05, 0.1) is 16.6 Å². The fraction of sp³-hybridized carbons (Fsp3) is 0.474. The first kappa shape index (κ1) is 19.6. The van der Waals surface area contributed by atoms with Gasteiger partial charge in [-0.05, 0) is 38.8 Å². The number of nitrogens with zero attached hydrogens (tertiary/aromatic N) is 3. The fourth-order valence-electron chi connectivity index (χ4n) is 3.55.